The zero-order valence-corrected chi connectivity index (χ0v) is 17.8. The molecule has 4 rings (SSSR count). The van der Waals surface area contributed by atoms with Gasteiger partial charge < -0.3 is 14.3 Å². The molecule has 0 aliphatic carbocycles. The number of oxazole rings is 1. The Kier molecular flexibility index (Phi) is 5.59. The standard InChI is InChI=1S/C24H21N3O5/c1-4-31-22-12-18(27(29)30)10-16(23(22)28)13-25-17-6-8-21-20(11-17)26-24(32-21)19-7-5-14(2)9-15(19)3/h5-13,28H,4H2,1-3H3. The summed E-state index contributed by atoms with van der Waals surface area (Å²) in [5.41, 5.74) is 4.95. The average molecular weight is 431 g/mol. The first-order chi connectivity index (χ1) is 15.4. The average Bonchev–Trinajstić information content (AvgIpc) is 3.17. The van der Waals surface area contributed by atoms with Crippen molar-refractivity contribution in [1.29, 1.82) is 0 Å². The van der Waals surface area contributed by atoms with Crippen LogP contribution in [0.5, 0.6) is 11.5 Å². The minimum atomic E-state index is -0.546. The summed E-state index contributed by atoms with van der Waals surface area (Å²) in [7, 11) is 0. The monoisotopic (exact) mass is 431 g/mol. The van der Waals surface area contributed by atoms with Gasteiger partial charge in [0.1, 0.15) is 5.52 Å². The van der Waals surface area contributed by atoms with Gasteiger partial charge >= 0.3 is 0 Å². The van der Waals surface area contributed by atoms with E-state index in [9.17, 15) is 15.2 Å². The Morgan fingerprint density at radius 3 is 2.72 bits per heavy atom. The minimum Gasteiger partial charge on any atom is -0.504 e. The summed E-state index contributed by atoms with van der Waals surface area (Å²) >= 11 is 0. The fraction of sp³-hybridized carbons (Fsp3) is 0.167. The normalized spacial score (nSPS) is 11.3. The maximum atomic E-state index is 11.2. The number of hydrogen-bond donors (Lipinski definition) is 1. The van der Waals surface area contributed by atoms with Crippen LogP contribution in [0.4, 0.5) is 11.4 Å². The third-order valence-electron chi connectivity index (χ3n) is 4.94. The predicted molar refractivity (Wildman–Crippen MR) is 122 cm³/mol. The van der Waals surface area contributed by atoms with Crippen LogP contribution in [0.3, 0.4) is 0 Å². The third-order valence-corrected chi connectivity index (χ3v) is 4.94. The molecule has 0 spiro atoms. The summed E-state index contributed by atoms with van der Waals surface area (Å²) in [5, 5.41) is 21.6. The first kappa shape index (κ1) is 21.0. The maximum Gasteiger partial charge on any atom is 0.274 e. The molecule has 4 aromatic rings. The Morgan fingerprint density at radius 1 is 1.19 bits per heavy atom. The summed E-state index contributed by atoms with van der Waals surface area (Å²) in [6.07, 6.45) is 1.36. The molecule has 1 aromatic heterocycles. The molecule has 8 heteroatoms. The minimum absolute atomic E-state index is 0.0354. The number of hydrogen-bond acceptors (Lipinski definition) is 7. The van der Waals surface area contributed by atoms with E-state index in [2.05, 4.69) is 16.0 Å². The van der Waals surface area contributed by atoms with Gasteiger partial charge in [0.25, 0.3) is 5.69 Å². The number of aromatic nitrogens is 1. The van der Waals surface area contributed by atoms with Crippen LogP contribution in [0.15, 0.2) is 57.9 Å². The lowest BCUT2D eigenvalue weighted by molar-refractivity contribution is -0.385. The Hall–Kier alpha value is -4.20. The number of phenols is 1. The van der Waals surface area contributed by atoms with Gasteiger partial charge in [-0.15, -0.1) is 0 Å². The number of aryl methyl sites for hydroxylation is 2. The number of nitro groups is 1. The maximum absolute atomic E-state index is 11.2. The van der Waals surface area contributed by atoms with Gasteiger partial charge in [-0.25, -0.2) is 4.98 Å². The number of ether oxygens (including phenoxy) is 1. The number of nitrogens with zero attached hydrogens (tertiary/aromatic N) is 3. The molecule has 0 aliphatic rings. The summed E-state index contributed by atoms with van der Waals surface area (Å²) in [6.45, 7) is 6.03. The summed E-state index contributed by atoms with van der Waals surface area (Å²) in [5.74, 6) is 0.352. The quantitative estimate of drug-likeness (QED) is 0.232. The first-order valence-corrected chi connectivity index (χ1v) is 10.0. The Morgan fingerprint density at radius 2 is 2.00 bits per heavy atom. The van der Waals surface area contributed by atoms with E-state index in [1.54, 1.807) is 25.1 Å². The Balaban J connectivity index is 1.68. The number of aromatic hydroxyl groups is 1. The van der Waals surface area contributed by atoms with Gasteiger partial charge in [-0.2, -0.15) is 0 Å². The molecule has 0 saturated carbocycles. The fourth-order valence-corrected chi connectivity index (χ4v) is 3.39. The molecule has 0 radical (unpaired) electrons. The number of aliphatic imine (C=N–C) groups is 1. The molecule has 0 atom stereocenters. The third kappa shape index (κ3) is 4.15. The van der Waals surface area contributed by atoms with Crippen molar-refractivity contribution in [1.82, 2.24) is 4.98 Å². The van der Waals surface area contributed by atoms with Crippen LogP contribution in [0.2, 0.25) is 0 Å². The van der Waals surface area contributed by atoms with E-state index in [-0.39, 0.29) is 29.4 Å². The van der Waals surface area contributed by atoms with Gasteiger partial charge in [0, 0.05) is 23.4 Å². The number of nitro benzene ring substituents is 1. The zero-order chi connectivity index (χ0) is 22.8. The van der Waals surface area contributed by atoms with Gasteiger partial charge in [0.2, 0.25) is 5.89 Å². The molecule has 8 nitrogen and oxygen atoms in total. The predicted octanol–water partition coefficient (Wildman–Crippen LogP) is 5.87. The molecule has 0 bridgehead atoms. The smallest absolute Gasteiger partial charge is 0.274 e. The molecular weight excluding hydrogens is 410 g/mol. The molecule has 32 heavy (non-hydrogen) atoms. The van der Waals surface area contributed by atoms with Crippen LogP contribution in [0, 0.1) is 24.0 Å². The second-order valence-corrected chi connectivity index (χ2v) is 7.32. The Labute approximate surface area is 184 Å². The van der Waals surface area contributed by atoms with Crippen LogP contribution >= 0.6 is 0 Å². The van der Waals surface area contributed by atoms with Crippen LogP contribution in [-0.4, -0.2) is 27.8 Å². The molecule has 0 fully saturated rings. The van der Waals surface area contributed by atoms with Crippen molar-refractivity contribution in [3.8, 4) is 23.0 Å². The molecule has 162 valence electrons. The van der Waals surface area contributed by atoms with Crippen LogP contribution < -0.4 is 4.74 Å². The second-order valence-electron chi connectivity index (χ2n) is 7.32. The summed E-state index contributed by atoms with van der Waals surface area (Å²) < 4.78 is 11.2. The van der Waals surface area contributed by atoms with E-state index >= 15 is 0 Å². The van der Waals surface area contributed by atoms with Crippen molar-refractivity contribution in [2.75, 3.05) is 6.61 Å². The van der Waals surface area contributed by atoms with E-state index in [1.807, 2.05) is 26.0 Å². The summed E-state index contributed by atoms with van der Waals surface area (Å²) in [6, 6.07) is 13.8. The molecule has 0 aliphatic heterocycles. The van der Waals surface area contributed by atoms with E-state index in [1.165, 1.54) is 18.3 Å². The van der Waals surface area contributed by atoms with Crippen molar-refractivity contribution in [3.63, 3.8) is 0 Å². The molecule has 3 aromatic carbocycles. The van der Waals surface area contributed by atoms with Crippen molar-refractivity contribution < 1.29 is 19.2 Å². The van der Waals surface area contributed by atoms with Crippen LogP contribution in [0.25, 0.3) is 22.6 Å². The van der Waals surface area contributed by atoms with Gasteiger partial charge in [-0.3, -0.25) is 15.1 Å². The topological polar surface area (TPSA) is 111 Å². The van der Waals surface area contributed by atoms with Gasteiger partial charge in [-0.05, 0) is 50.6 Å². The number of rotatable bonds is 6. The fourth-order valence-electron chi connectivity index (χ4n) is 3.39. The van der Waals surface area contributed by atoms with E-state index in [0.29, 0.717) is 22.7 Å². The molecule has 0 saturated heterocycles. The van der Waals surface area contributed by atoms with Crippen molar-refractivity contribution in [2.45, 2.75) is 20.8 Å². The molecule has 1 N–H and O–H groups in total. The lowest BCUT2D eigenvalue weighted by Gasteiger charge is -2.07. The van der Waals surface area contributed by atoms with Gasteiger partial charge in [-0.1, -0.05) is 17.7 Å². The van der Waals surface area contributed by atoms with Crippen LogP contribution in [0.1, 0.15) is 23.6 Å². The Bertz CT molecular complexity index is 1360. The van der Waals surface area contributed by atoms with E-state index in [4.69, 9.17) is 9.15 Å². The first-order valence-electron chi connectivity index (χ1n) is 10.0. The van der Waals surface area contributed by atoms with Crippen LogP contribution in [-0.2, 0) is 0 Å². The van der Waals surface area contributed by atoms with Crippen molar-refractivity contribution in [2.24, 2.45) is 4.99 Å². The summed E-state index contributed by atoms with van der Waals surface area (Å²) in [4.78, 5) is 19.6. The van der Waals surface area contributed by atoms with E-state index < -0.39 is 4.92 Å². The number of benzene rings is 3. The van der Waals surface area contributed by atoms with Crippen molar-refractivity contribution in [3.05, 3.63) is 75.3 Å². The highest BCUT2D eigenvalue weighted by molar-refractivity contribution is 5.89. The number of fused-ring (bicyclic) bond motifs is 1. The van der Waals surface area contributed by atoms with Crippen molar-refractivity contribution >= 4 is 28.7 Å². The molecule has 1 heterocycles. The lowest BCUT2D eigenvalue weighted by Crippen LogP contribution is -1.97. The van der Waals surface area contributed by atoms with E-state index in [0.717, 1.165) is 16.7 Å². The van der Waals surface area contributed by atoms with Gasteiger partial charge in [0.05, 0.1) is 23.3 Å². The highest BCUT2D eigenvalue weighted by atomic mass is 16.6. The number of phenolic OH excluding ortho intramolecular Hbond substituents is 1. The highest BCUT2D eigenvalue weighted by Gasteiger charge is 2.16. The lowest BCUT2D eigenvalue weighted by atomic mass is 10.1. The molecule has 0 unspecified atom stereocenters. The molecule has 0 amide bonds. The number of non-ortho nitro benzene ring substituents is 1. The zero-order valence-electron chi connectivity index (χ0n) is 17.8. The molecular formula is C24H21N3O5. The largest absolute Gasteiger partial charge is 0.504 e. The van der Waals surface area contributed by atoms with Gasteiger partial charge in [0.15, 0.2) is 17.1 Å². The second kappa shape index (κ2) is 8.50. The SMILES string of the molecule is CCOc1cc([N+](=O)[O-])cc(C=Nc2ccc3oc(-c4ccc(C)cc4C)nc3c2)c1O. The highest BCUT2D eigenvalue weighted by Crippen LogP contribution is 2.34.